The maximum atomic E-state index is 12.6. The van der Waals surface area contributed by atoms with E-state index in [1.54, 1.807) is 12.1 Å². The van der Waals surface area contributed by atoms with Crippen LogP contribution < -0.4 is 15.4 Å². The fraction of sp³-hybridized carbons (Fsp3) is 0.375. The molecule has 3 rings (SSSR count). The molecule has 0 saturated heterocycles. The fourth-order valence-corrected chi connectivity index (χ4v) is 3.95. The van der Waals surface area contributed by atoms with Gasteiger partial charge in [0.25, 0.3) is 0 Å². The van der Waals surface area contributed by atoms with Crippen molar-refractivity contribution in [2.45, 2.75) is 39.3 Å². The van der Waals surface area contributed by atoms with Gasteiger partial charge in [-0.25, -0.2) is 4.79 Å². The summed E-state index contributed by atoms with van der Waals surface area (Å²) < 4.78 is 10.9. The molecule has 32 heavy (non-hydrogen) atoms. The Bertz CT molecular complexity index is 1020. The molecule has 2 amide bonds. The van der Waals surface area contributed by atoms with Gasteiger partial charge in [0.15, 0.2) is 0 Å². The number of carbonyl (C=O) groups excluding carboxylic acids is 3. The van der Waals surface area contributed by atoms with Crippen LogP contribution in [-0.4, -0.2) is 43.6 Å². The van der Waals surface area contributed by atoms with Crippen molar-refractivity contribution >= 4 is 29.4 Å². The maximum Gasteiger partial charge on any atom is 0.337 e. The number of halogens is 1. The summed E-state index contributed by atoms with van der Waals surface area (Å²) >= 11 is 6.34. The van der Waals surface area contributed by atoms with E-state index >= 15 is 0 Å². The average molecular weight is 459 g/mol. The normalized spacial score (nSPS) is 15.5. The number of carbonyl (C=O) groups is 3. The van der Waals surface area contributed by atoms with Crippen LogP contribution in [0.25, 0.3) is 11.1 Å². The lowest BCUT2D eigenvalue weighted by Gasteiger charge is -2.22. The van der Waals surface area contributed by atoms with Crippen molar-refractivity contribution in [1.82, 2.24) is 10.6 Å². The zero-order valence-corrected chi connectivity index (χ0v) is 19.3. The van der Waals surface area contributed by atoms with Crippen molar-refractivity contribution in [2.75, 3.05) is 13.7 Å². The molecule has 0 fully saturated rings. The number of rotatable bonds is 7. The smallest absolute Gasteiger partial charge is 0.337 e. The van der Waals surface area contributed by atoms with Crippen LogP contribution in [0.5, 0.6) is 5.75 Å². The van der Waals surface area contributed by atoms with Gasteiger partial charge >= 0.3 is 5.97 Å². The highest BCUT2D eigenvalue weighted by atomic mass is 35.5. The summed E-state index contributed by atoms with van der Waals surface area (Å²) in [6.45, 7) is 5.45. The number of fused-ring (bicyclic) bond motifs is 1. The first-order valence-corrected chi connectivity index (χ1v) is 10.8. The Morgan fingerprint density at radius 1 is 1.19 bits per heavy atom. The lowest BCUT2D eigenvalue weighted by atomic mass is 9.99. The zero-order chi connectivity index (χ0) is 23.4. The van der Waals surface area contributed by atoms with Gasteiger partial charge in [-0.2, -0.15) is 0 Å². The molecule has 0 aliphatic carbocycles. The predicted molar refractivity (Wildman–Crippen MR) is 122 cm³/mol. The minimum atomic E-state index is -0.602. The first-order chi connectivity index (χ1) is 15.2. The summed E-state index contributed by atoms with van der Waals surface area (Å²) in [5, 5.41) is 6.15. The van der Waals surface area contributed by atoms with Crippen molar-refractivity contribution in [3.63, 3.8) is 0 Å². The SMILES string of the molecule is COC(=O)c1ccc(-c2cc(Cl)cc3c2O[C@@H](CNC(=O)[C@@H](NC(C)=O)C(C)C)C3)cc1. The molecule has 0 saturated carbocycles. The molecule has 0 bridgehead atoms. The summed E-state index contributed by atoms with van der Waals surface area (Å²) in [5.41, 5.74) is 3.07. The second-order valence-corrected chi connectivity index (χ2v) is 8.56. The van der Waals surface area contributed by atoms with Crippen LogP contribution in [0.2, 0.25) is 5.02 Å². The van der Waals surface area contributed by atoms with E-state index in [-0.39, 0.29) is 23.8 Å². The van der Waals surface area contributed by atoms with E-state index in [2.05, 4.69) is 10.6 Å². The van der Waals surface area contributed by atoms with E-state index in [0.29, 0.717) is 29.3 Å². The highest BCUT2D eigenvalue weighted by molar-refractivity contribution is 6.31. The van der Waals surface area contributed by atoms with Crippen LogP contribution in [0.1, 0.15) is 36.7 Å². The van der Waals surface area contributed by atoms with Gasteiger partial charge in [-0.05, 0) is 35.7 Å². The first-order valence-electron chi connectivity index (χ1n) is 10.4. The number of esters is 1. The summed E-state index contributed by atoms with van der Waals surface area (Å²) in [4.78, 5) is 35.7. The maximum absolute atomic E-state index is 12.6. The fourth-order valence-electron chi connectivity index (χ4n) is 3.70. The van der Waals surface area contributed by atoms with Crippen molar-refractivity contribution in [3.8, 4) is 16.9 Å². The number of amides is 2. The van der Waals surface area contributed by atoms with Crippen LogP contribution >= 0.6 is 11.6 Å². The van der Waals surface area contributed by atoms with E-state index in [4.69, 9.17) is 21.1 Å². The Hall–Kier alpha value is -3.06. The van der Waals surface area contributed by atoms with E-state index in [9.17, 15) is 14.4 Å². The Kier molecular flexibility index (Phi) is 7.40. The predicted octanol–water partition coefficient (Wildman–Crippen LogP) is 3.37. The number of ether oxygens (including phenoxy) is 2. The van der Waals surface area contributed by atoms with E-state index in [1.807, 2.05) is 38.1 Å². The molecule has 0 radical (unpaired) electrons. The number of hydrogen-bond acceptors (Lipinski definition) is 5. The van der Waals surface area contributed by atoms with E-state index in [1.165, 1.54) is 14.0 Å². The standard InChI is InChI=1S/C24H27ClN2O5/c1-13(2)21(27-14(3)28)23(29)26-12-19-10-17-9-18(25)11-20(22(17)32-19)15-5-7-16(8-6-15)24(30)31-4/h5-9,11,13,19,21H,10,12H2,1-4H3,(H,26,29)(H,27,28)/t19-,21+/m1/s1. The van der Waals surface area contributed by atoms with Gasteiger partial charge in [0.1, 0.15) is 17.9 Å². The molecule has 7 nitrogen and oxygen atoms in total. The minimum absolute atomic E-state index is 0.0426. The second-order valence-electron chi connectivity index (χ2n) is 8.12. The first kappa shape index (κ1) is 23.6. The van der Waals surface area contributed by atoms with Crippen LogP contribution in [0.3, 0.4) is 0 Å². The molecular weight excluding hydrogens is 432 g/mol. The molecule has 0 aromatic heterocycles. The summed E-state index contributed by atoms with van der Waals surface area (Å²) in [7, 11) is 1.34. The van der Waals surface area contributed by atoms with Crippen molar-refractivity contribution < 1.29 is 23.9 Å². The second kappa shape index (κ2) is 10.0. The molecule has 8 heteroatoms. The number of hydrogen-bond donors (Lipinski definition) is 2. The molecule has 1 aliphatic rings. The third-order valence-corrected chi connectivity index (χ3v) is 5.51. The van der Waals surface area contributed by atoms with Gasteiger partial charge in [0.05, 0.1) is 19.2 Å². The molecule has 170 valence electrons. The van der Waals surface area contributed by atoms with E-state index in [0.717, 1.165) is 16.7 Å². The summed E-state index contributed by atoms with van der Waals surface area (Å²) in [6, 6.07) is 10.1. The third kappa shape index (κ3) is 5.40. The highest BCUT2D eigenvalue weighted by Gasteiger charge is 2.29. The van der Waals surface area contributed by atoms with Gasteiger partial charge < -0.3 is 20.1 Å². The summed E-state index contributed by atoms with van der Waals surface area (Å²) in [5.74, 6) is -0.230. The van der Waals surface area contributed by atoms with Crippen molar-refractivity contribution in [1.29, 1.82) is 0 Å². The third-order valence-electron chi connectivity index (χ3n) is 5.29. The molecule has 2 aromatic carbocycles. The minimum Gasteiger partial charge on any atom is -0.487 e. The van der Waals surface area contributed by atoms with Gasteiger partial charge in [0.2, 0.25) is 11.8 Å². The van der Waals surface area contributed by atoms with Gasteiger partial charge in [0, 0.05) is 29.5 Å². The molecule has 0 spiro atoms. The molecule has 0 unspecified atom stereocenters. The Balaban J connectivity index is 1.73. The van der Waals surface area contributed by atoms with Crippen LogP contribution in [0, 0.1) is 5.92 Å². The van der Waals surface area contributed by atoms with Gasteiger partial charge in [-0.15, -0.1) is 0 Å². The average Bonchev–Trinajstić information content (AvgIpc) is 3.17. The molecule has 1 aliphatic heterocycles. The van der Waals surface area contributed by atoms with Gasteiger partial charge in [-0.1, -0.05) is 37.6 Å². The highest BCUT2D eigenvalue weighted by Crippen LogP contribution is 2.41. The monoisotopic (exact) mass is 458 g/mol. The van der Waals surface area contributed by atoms with Crippen LogP contribution in [-0.2, 0) is 20.7 Å². The van der Waals surface area contributed by atoms with E-state index < -0.39 is 12.0 Å². The Morgan fingerprint density at radius 2 is 1.88 bits per heavy atom. The number of benzene rings is 2. The van der Waals surface area contributed by atoms with Crippen LogP contribution in [0.15, 0.2) is 36.4 Å². The molecule has 2 aromatic rings. The lowest BCUT2D eigenvalue weighted by Crippen LogP contribution is -2.50. The molecule has 2 atom stereocenters. The van der Waals surface area contributed by atoms with Crippen molar-refractivity contribution in [2.24, 2.45) is 5.92 Å². The Labute approximate surface area is 192 Å². The Morgan fingerprint density at radius 3 is 2.47 bits per heavy atom. The zero-order valence-electron chi connectivity index (χ0n) is 18.5. The number of nitrogens with one attached hydrogen (secondary N) is 2. The topological polar surface area (TPSA) is 93.7 Å². The lowest BCUT2D eigenvalue weighted by molar-refractivity contribution is -0.129. The van der Waals surface area contributed by atoms with Gasteiger partial charge in [-0.3, -0.25) is 9.59 Å². The van der Waals surface area contributed by atoms with Crippen LogP contribution in [0.4, 0.5) is 0 Å². The molecular formula is C24H27ClN2O5. The molecule has 2 N–H and O–H groups in total. The van der Waals surface area contributed by atoms with Crippen molar-refractivity contribution in [3.05, 3.63) is 52.5 Å². The quantitative estimate of drug-likeness (QED) is 0.620. The summed E-state index contributed by atoms with van der Waals surface area (Å²) in [6.07, 6.45) is 0.334. The molecule has 1 heterocycles. The largest absolute Gasteiger partial charge is 0.487 e. The number of methoxy groups -OCH3 is 1.